The number of ether oxygens (including phenoxy) is 2. The van der Waals surface area contributed by atoms with Gasteiger partial charge in [-0.2, -0.15) is 0 Å². The third-order valence-corrected chi connectivity index (χ3v) is 6.34. The van der Waals surface area contributed by atoms with Crippen LogP contribution in [0.3, 0.4) is 0 Å². The van der Waals surface area contributed by atoms with Gasteiger partial charge in [0.25, 0.3) is 5.91 Å². The number of anilines is 1. The number of nitrogens with one attached hydrogen (secondary N) is 1. The molecule has 1 amide bonds. The number of amides is 1. The minimum atomic E-state index is -4.89. The van der Waals surface area contributed by atoms with E-state index in [0.717, 1.165) is 49.6 Å². The van der Waals surface area contributed by atoms with E-state index in [1.165, 1.54) is 0 Å². The molecule has 1 aliphatic rings. The number of nitrogen functional groups attached to an aromatic ring is 1. The second-order valence-electron chi connectivity index (χ2n) is 6.84. The van der Waals surface area contributed by atoms with Crippen LogP contribution in [0.15, 0.2) is 46.3 Å². The first-order valence-electron chi connectivity index (χ1n) is 9.51. The van der Waals surface area contributed by atoms with Gasteiger partial charge in [-0.05, 0) is 30.3 Å². The fraction of sp³-hybridized carbons (Fsp3) is 0.368. The van der Waals surface area contributed by atoms with E-state index in [1.807, 2.05) is 0 Å². The summed E-state index contributed by atoms with van der Waals surface area (Å²) >= 11 is 0. The normalized spacial score (nSPS) is 15.3. The van der Waals surface area contributed by atoms with Crippen molar-refractivity contribution in [3.05, 3.63) is 42.2 Å². The Morgan fingerprint density at radius 3 is 2.44 bits per heavy atom. The van der Waals surface area contributed by atoms with Crippen LogP contribution in [0.25, 0.3) is 0 Å². The van der Waals surface area contributed by atoms with Crippen LogP contribution in [-0.4, -0.2) is 70.0 Å². The van der Waals surface area contributed by atoms with E-state index in [1.54, 1.807) is 0 Å². The minimum Gasteiger partial charge on any atom is -0.406 e. The molecule has 0 saturated carbocycles. The van der Waals surface area contributed by atoms with Crippen molar-refractivity contribution in [2.24, 2.45) is 0 Å². The van der Waals surface area contributed by atoms with Crippen LogP contribution in [-0.2, 0) is 14.6 Å². The number of benzene rings is 1. The first-order valence-corrected chi connectivity index (χ1v) is 11.0. The van der Waals surface area contributed by atoms with Crippen LogP contribution in [0.4, 0.5) is 18.9 Å². The average molecular weight is 474 g/mol. The first-order chi connectivity index (χ1) is 15.1. The highest BCUT2D eigenvalue weighted by Gasteiger charge is 2.31. The van der Waals surface area contributed by atoms with Crippen molar-refractivity contribution in [1.82, 2.24) is 15.2 Å². The topological polar surface area (TPSA) is 124 Å². The van der Waals surface area contributed by atoms with Crippen LogP contribution < -0.4 is 15.8 Å². The van der Waals surface area contributed by atoms with Gasteiger partial charge in [-0.3, -0.25) is 9.69 Å². The maximum absolute atomic E-state index is 12.7. The number of hydrogen-bond donors (Lipinski definition) is 2. The maximum atomic E-state index is 12.7. The zero-order valence-corrected chi connectivity index (χ0v) is 17.6. The molecule has 0 bridgehead atoms. The molecule has 3 rings (SSSR count). The Balaban J connectivity index is 1.67. The summed E-state index contributed by atoms with van der Waals surface area (Å²) in [6, 6.07) is 4.79. The van der Waals surface area contributed by atoms with E-state index >= 15 is 0 Å². The molecule has 32 heavy (non-hydrogen) atoms. The standard InChI is InChI=1S/C19H21F3N4O5S/c20-19(21,22)31-13-1-3-14(4-2-13)32(28,29)15-11-16(23)17(25-12-15)18(27)24-5-6-26-7-9-30-10-8-26/h1-4,11-12H,5-10,23H2,(H,24,27). The smallest absolute Gasteiger partial charge is 0.406 e. The third kappa shape index (κ3) is 6.08. The molecule has 0 unspecified atom stereocenters. The minimum absolute atomic E-state index is 0.125. The Labute approximate surface area is 182 Å². The van der Waals surface area contributed by atoms with Gasteiger partial charge in [-0.1, -0.05) is 0 Å². The van der Waals surface area contributed by atoms with Gasteiger partial charge < -0.3 is 20.5 Å². The molecule has 1 aromatic carbocycles. The molecule has 1 aromatic heterocycles. The van der Waals surface area contributed by atoms with Crippen LogP contribution >= 0.6 is 0 Å². The molecule has 13 heteroatoms. The number of carbonyl (C=O) groups excluding carboxylic acids is 1. The van der Waals surface area contributed by atoms with Gasteiger partial charge in [0.05, 0.1) is 28.7 Å². The van der Waals surface area contributed by atoms with Crippen molar-refractivity contribution < 1.29 is 35.9 Å². The molecule has 3 N–H and O–H groups in total. The Hall–Kier alpha value is -2.90. The van der Waals surface area contributed by atoms with E-state index in [-0.39, 0.29) is 21.2 Å². The number of rotatable bonds is 7. The fourth-order valence-corrected chi connectivity index (χ4v) is 4.23. The largest absolute Gasteiger partial charge is 0.573 e. The van der Waals surface area contributed by atoms with Crippen molar-refractivity contribution >= 4 is 21.4 Å². The van der Waals surface area contributed by atoms with Gasteiger partial charge in [0.2, 0.25) is 9.84 Å². The summed E-state index contributed by atoms with van der Waals surface area (Å²) in [5.41, 5.74) is 5.57. The number of sulfone groups is 1. The predicted octanol–water partition coefficient (Wildman–Crippen LogP) is 1.46. The molecule has 2 heterocycles. The van der Waals surface area contributed by atoms with Gasteiger partial charge in [-0.25, -0.2) is 13.4 Å². The Bertz CT molecular complexity index is 1060. The number of halogens is 3. The van der Waals surface area contributed by atoms with Gasteiger partial charge in [-0.15, -0.1) is 13.2 Å². The van der Waals surface area contributed by atoms with Gasteiger partial charge in [0, 0.05) is 32.4 Å². The molecule has 1 saturated heterocycles. The molecule has 174 valence electrons. The highest BCUT2D eigenvalue weighted by atomic mass is 32.2. The third-order valence-electron chi connectivity index (χ3n) is 4.60. The van der Waals surface area contributed by atoms with Crippen LogP contribution in [0.5, 0.6) is 5.75 Å². The van der Waals surface area contributed by atoms with Crippen molar-refractivity contribution in [2.75, 3.05) is 45.1 Å². The lowest BCUT2D eigenvalue weighted by Gasteiger charge is -2.26. The van der Waals surface area contributed by atoms with Crippen LogP contribution in [0.1, 0.15) is 10.5 Å². The predicted molar refractivity (Wildman–Crippen MR) is 107 cm³/mol. The Kier molecular flexibility index (Phi) is 7.21. The molecule has 0 spiro atoms. The second kappa shape index (κ2) is 9.71. The monoisotopic (exact) mass is 474 g/mol. The van der Waals surface area contributed by atoms with Crippen molar-refractivity contribution in [2.45, 2.75) is 16.2 Å². The lowest BCUT2D eigenvalue weighted by Crippen LogP contribution is -2.41. The van der Waals surface area contributed by atoms with Gasteiger partial charge >= 0.3 is 6.36 Å². The fourth-order valence-electron chi connectivity index (χ4n) is 2.99. The van der Waals surface area contributed by atoms with E-state index in [2.05, 4.69) is 19.9 Å². The number of alkyl halides is 3. The van der Waals surface area contributed by atoms with E-state index in [4.69, 9.17) is 10.5 Å². The summed E-state index contributed by atoms with van der Waals surface area (Å²) in [7, 11) is -4.13. The summed E-state index contributed by atoms with van der Waals surface area (Å²) in [6.07, 6.45) is -3.92. The number of aromatic nitrogens is 1. The summed E-state index contributed by atoms with van der Waals surface area (Å²) < 4.78 is 71.2. The quantitative estimate of drug-likeness (QED) is 0.618. The molecule has 1 fully saturated rings. The highest BCUT2D eigenvalue weighted by Crippen LogP contribution is 2.27. The Morgan fingerprint density at radius 2 is 1.84 bits per heavy atom. The molecular weight excluding hydrogens is 453 g/mol. The molecule has 9 nitrogen and oxygen atoms in total. The molecule has 0 atom stereocenters. The first kappa shape index (κ1) is 23.8. The number of carbonyl (C=O) groups is 1. The Morgan fingerprint density at radius 1 is 1.19 bits per heavy atom. The van der Waals surface area contributed by atoms with Gasteiger partial charge in [0.1, 0.15) is 5.75 Å². The van der Waals surface area contributed by atoms with Crippen molar-refractivity contribution in [3.8, 4) is 5.75 Å². The summed E-state index contributed by atoms with van der Waals surface area (Å²) in [4.78, 5) is 17.8. The van der Waals surface area contributed by atoms with E-state index in [0.29, 0.717) is 26.3 Å². The molecular formula is C19H21F3N4O5S. The number of morpholine rings is 1. The summed E-state index contributed by atoms with van der Waals surface area (Å²) in [5, 5.41) is 2.68. The van der Waals surface area contributed by atoms with Crippen LogP contribution in [0, 0.1) is 0 Å². The number of hydrogen-bond acceptors (Lipinski definition) is 8. The lowest BCUT2D eigenvalue weighted by molar-refractivity contribution is -0.274. The molecule has 2 aromatic rings. The second-order valence-corrected chi connectivity index (χ2v) is 8.79. The SMILES string of the molecule is Nc1cc(S(=O)(=O)c2ccc(OC(F)(F)F)cc2)cnc1C(=O)NCCN1CCOCC1. The zero-order chi connectivity index (χ0) is 23.4. The number of nitrogens with two attached hydrogens (primary N) is 1. The van der Waals surface area contributed by atoms with Gasteiger partial charge in [0.15, 0.2) is 5.69 Å². The van der Waals surface area contributed by atoms with E-state index < -0.39 is 27.9 Å². The number of pyridine rings is 1. The summed E-state index contributed by atoms with van der Waals surface area (Å²) in [6.45, 7) is 3.78. The lowest BCUT2D eigenvalue weighted by atomic mass is 10.3. The maximum Gasteiger partial charge on any atom is 0.573 e. The van der Waals surface area contributed by atoms with Crippen molar-refractivity contribution in [3.63, 3.8) is 0 Å². The molecule has 0 radical (unpaired) electrons. The molecule has 1 aliphatic heterocycles. The average Bonchev–Trinajstić information content (AvgIpc) is 2.73. The number of nitrogens with zero attached hydrogens (tertiary/aromatic N) is 2. The molecule has 0 aliphatic carbocycles. The zero-order valence-electron chi connectivity index (χ0n) is 16.8. The summed E-state index contributed by atoms with van der Waals surface area (Å²) in [5.74, 6) is -1.11. The van der Waals surface area contributed by atoms with E-state index in [9.17, 15) is 26.4 Å². The van der Waals surface area contributed by atoms with Crippen molar-refractivity contribution in [1.29, 1.82) is 0 Å². The van der Waals surface area contributed by atoms with Crippen LogP contribution in [0.2, 0.25) is 0 Å². The highest BCUT2D eigenvalue weighted by molar-refractivity contribution is 7.91.